The summed E-state index contributed by atoms with van der Waals surface area (Å²) in [6.45, 7) is 5.89. The molecule has 0 bridgehead atoms. The number of carbonyl (C=O) groups is 2. The lowest BCUT2D eigenvalue weighted by molar-refractivity contribution is -0.141. The van der Waals surface area contributed by atoms with Gasteiger partial charge < -0.3 is 10.2 Å². The predicted octanol–water partition coefficient (Wildman–Crippen LogP) is 4.75. The highest BCUT2D eigenvalue weighted by molar-refractivity contribution is 7.92. The Hall–Kier alpha value is -2.65. The van der Waals surface area contributed by atoms with Gasteiger partial charge in [0.1, 0.15) is 11.9 Å². The van der Waals surface area contributed by atoms with Crippen molar-refractivity contribution >= 4 is 39.1 Å². The summed E-state index contributed by atoms with van der Waals surface area (Å²) in [5.41, 5.74) is 1.11. The van der Waals surface area contributed by atoms with Crippen molar-refractivity contribution < 1.29 is 22.4 Å². The Kier molecular flexibility index (Phi) is 11.2. The molecule has 0 aliphatic heterocycles. The minimum absolute atomic E-state index is 0.0287. The van der Waals surface area contributed by atoms with Crippen molar-refractivity contribution in [3.63, 3.8) is 0 Å². The van der Waals surface area contributed by atoms with Crippen LogP contribution in [0, 0.1) is 5.82 Å². The van der Waals surface area contributed by atoms with Crippen LogP contribution < -0.4 is 9.62 Å². The number of halogens is 2. The van der Waals surface area contributed by atoms with Crippen LogP contribution in [-0.4, -0.2) is 50.0 Å². The van der Waals surface area contributed by atoms with Crippen molar-refractivity contribution in [3.05, 3.63) is 64.9 Å². The summed E-state index contributed by atoms with van der Waals surface area (Å²) in [6, 6.07) is 11.5. The van der Waals surface area contributed by atoms with Gasteiger partial charge in [-0.1, -0.05) is 43.6 Å². The van der Waals surface area contributed by atoms with Gasteiger partial charge in [-0.05, 0) is 62.1 Å². The highest BCUT2D eigenvalue weighted by atomic mass is 35.5. The van der Waals surface area contributed by atoms with E-state index in [1.165, 1.54) is 21.3 Å². The number of sulfonamides is 1. The summed E-state index contributed by atoms with van der Waals surface area (Å²) in [5, 5.41) is 3.34. The Morgan fingerprint density at radius 3 is 2.31 bits per heavy atom. The second-order valence-corrected chi connectivity index (χ2v) is 11.2. The zero-order valence-electron chi connectivity index (χ0n) is 21.2. The molecule has 2 unspecified atom stereocenters. The highest BCUT2D eigenvalue weighted by Gasteiger charge is 2.29. The molecule has 198 valence electrons. The molecule has 0 fully saturated rings. The quantitative estimate of drug-likeness (QED) is 0.398. The van der Waals surface area contributed by atoms with E-state index < -0.39 is 16.1 Å². The largest absolute Gasteiger partial charge is 0.352 e. The van der Waals surface area contributed by atoms with Gasteiger partial charge in [0.15, 0.2) is 0 Å². The zero-order valence-corrected chi connectivity index (χ0v) is 22.8. The average Bonchev–Trinajstić information content (AvgIpc) is 2.81. The van der Waals surface area contributed by atoms with Crippen molar-refractivity contribution in [1.29, 1.82) is 0 Å². The molecular weight excluding hydrogens is 505 g/mol. The highest BCUT2D eigenvalue weighted by Crippen LogP contribution is 2.23. The van der Waals surface area contributed by atoms with Crippen LogP contribution in [0.1, 0.15) is 52.0 Å². The Balaban J connectivity index is 2.22. The fourth-order valence-corrected chi connectivity index (χ4v) is 4.92. The van der Waals surface area contributed by atoms with Crippen LogP contribution in [-0.2, 0) is 26.2 Å². The van der Waals surface area contributed by atoms with Gasteiger partial charge in [0.05, 0.1) is 11.9 Å². The number of amides is 2. The number of hydrogen-bond acceptors (Lipinski definition) is 4. The molecule has 1 N–H and O–H groups in total. The summed E-state index contributed by atoms with van der Waals surface area (Å²) < 4.78 is 39.4. The first-order valence-electron chi connectivity index (χ1n) is 12.0. The van der Waals surface area contributed by atoms with E-state index in [-0.39, 0.29) is 49.6 Å². The third-order valence-electron chi connectivity index (χ3n) is 5.90. The number of benzene rings is 2. The molecular formula is C26H35ClFN3O4S. The van der Waals surface area contributed by atoms with Gasteiger partial charge in [0.2, 0.25) is 21.8 Å². The van der Waals surface area contributed by atoms with Crippen molar-refractivity contribution in [2.24, 2.45) is 0 Å². The Labute approximate surface area is 218 Å². The van der Waals surface area contributed by atoms with Gasteiger partial charge in [0.25, 0.3) is 0 Å². The van der Waals surface area contributed by atoms with Crippen molar-refractivity contribution in [1.82, 2.24) is 10.2 Å². The lowest BCUT2D eigenvalue weighted by Crippen LogP contribution is -2.50. The summed E-state index contributed by atoms with van der Waals surface area (Å²) in [5.74, 6) is -0.927. The predicted molar refractivity (Wildman–Crippen MR) is 142 cm³/mol. The molecule has 0 spiro atoms. The molecule has 0 saturated carbocycles. The van der Waals surface area contributed by atoms with Crippen molar-refractivity contribution in [2.75, 3.05) is 17.1 Å². The summed E-state index contributed by atoms with van der Waals surface area (Å²) in [7, 11) is -3.61. The molecule has 0 aliphatic rings. The topological polar surface area (TPSA) is 86.8 Å². The molecule has 0 aromatic heterocycles. The van der Waals surface area contributed by atoms with Gasteiger partial charge in [-0.15, -0.1) is 0 Å². The van der Waals surface area contributed by atoms with Crippen LogP contribution in [0.4, 0.5) is 10.1 Å². The first kappa shape index (κ1) is 29.6. The van der Waals surface area contributed by atoms with Crippen LogP contribution >= 0.6 is 11.6 Å². The summed E-state index contributed by atoms with van der Waals surface area (Å²) >= 11 is 6.04. The fourth-order valence-electron chi connectivity index (χ4n) is 3.78. The third kappa shape index (κ3) is 8.78. The van der Waals surface area contributed by atoms with Crippen LogP contribution in [0.15, 0.2) is 48.5 Å². The van der Waals surface area contributed by atoms with Gasteiger partial charge in [-0.3, -0.25) is 13.9 Å². The smallest absolute Gasteiger partial charge is 0.243 e. The van der Waals surface area contributed by atoms with E-state index >= 15 is 0 Å². The Morgan fingerprint density at radius 1 is 1.08 bits per heavy atom. The number of rotatable bonds is 13. The van der Waals surface area contributed by atoms with Crippen LogP contribution in [0.25, 0.3) is 0 Å². The summed E-state index contributed by atoms with van der Waals surface area (Å²) in [6.07, 6.45) is 2.51. The molecule has 0 saturated heterocycles. The first-order chi connectivity index (χ1) is 17.0. The standard InChI is InChI=1S/C26H35ClFN3O4S/c1-5-19(3)29-26(33)24(6-2)30(18-20-12-14-22(28)15-13-20)25(32)11-8-16-31(36(4,34)35)23-10-7-9-21(27)17-23/h7,9-10,12-15,17,19,24H,5-6,8,11,16,18H2,1-4H3,(H,29,33). The van der Waals surface area contributed by atoms with Gasteiger partial charge in [-0.2, -0.15) is 0 Å². The maximum atomic E-state index is 13.4. The molecule has 0 aliphatic carbocycles. The van der Waals surface area contributed by atoms with E-state index in [0.717, 1.165) is 12.7 Å². The minimum Gasteiger partial charge on any atom is -0.352 e. The average molecular weight is 540 g/mol. The van der Waals surface area contributed by atoms with E-state index in [9.17, 15) is 22.4 Å². The maximum Gasteiger partial charge on any atom is 0.243 e. The second-order valence-electron chi connectivity index (χ2n) is 8.81. The van der Waals surface area contributed by atoms with Crippen molar-refractivity contribution in [2.45, 2.75) is 65.1 Å². The SMILES string of the molecule is CCC(C)NC(=O)C(CC)N(Cc1ccc(F)cc1)C(=O)CCCN(c1cccc(Cl)c1)S(C)(=O)=O. The lowest BCUT2D eigenvalue weighted by atomic mass is 10.1. The van der Waals surface area contributed by atoms with Crippen LogP contribution in [0.3, 0.4) is 0 Å². The molecule has 0 radical (unpaired) electrons. The number of nitrogens with zero attached hydrogens (tertiary/aromatic N) is 2. The molecule has 10 heteroatoms. The minimum atomic E-state index is -3.61. The van der Waals surface area contributed by atoms with Gasteiger partial charge in [0, 0.05) is 30.6 Å². The molecule has 36 heavy (non-hydrogen) atoms. The van der Waals surface area contributed by atoms with Crippen LogP contribution in [0.5, 0.6) is 0 Å². The third-order valence-corrected chi connectivity index (χ3v) is 7.33. The molecule has 7 nitrogen and oxygen atoms in total. The number of carbonyl (C=O) groups excluding carboxylic acids is 2. The monoisotopic (exact) mass is 539 g/mol. The fraction of sp³-hybridized carbons (Fsp3) is 0.462. The molecule has 2 aromatic carbocycles. The molecule has 0 heterocycles. The van der Waals surface area contributed by atoms with E-state index in [1.54, 1.807) is 36.4 Å². The maximum absolute atomic E-state index is 13.4. The van der Waals surface area contributed by atoms with E-state index in [1.807, 2.05) is 20.8 Å². The van der Waals surface area contributed by atoms with E-state index in [4.69, 9.17) is 11.6 Å². The molecule has 2 atom stereocenters. The molecule has 2 aromatic rings. The van der Waals surface area contributed by atoms with Gasteiger partial charge >= 0.3 is 0 Å². The van der Waals surface area contributed by atoms with E-state index in [2.05, 4.69) is 5.32 Å². The number of hydrogen-bond donors (Lipinski definition) is 1. The number of nitrogens with one attached hydrogen (secondary N) is 1. The Morgan fingerprint density at radius 2 is 1.75 bits per heavy atom. The van der Waals surface area contributed by atoms with E-state index in [0.29, 0.717) is 22.7 Å². The van der Waals surface area contributed by atoms with Crippen molar-refractivity contribution in [3.8, 4) is 0 Å². The number of anilines is 1. The molecule has 2 amide bonds. The zero-order chi connectivity index (χ0) is 26.9. The molecule has 2 rings (SSSR count). The summed E-state index contributed by atoms with van der Waals surface area (Å²) in [4.78, 5) is 27.9. The normalized spacial score (nSPS) is 13.1. The van der Waals surface area contributed by atoms with Gasteiger partial charge in [-0.25, -0.2) is 12.8 Å². The lowest BCUT2D eigenvalue weighted by Gasteiger charge is -2.32. The first-order valence-corrected chi connectivity index (χ1v) is 14.3. The second kappa shape index (κ2) is 13.6. The Bertz CT molecular complexity index is 1130. The van der Waals surface area contributed by atoms with Crippen LogP contribution in [0.2, 0.25) is 5.02 Å².